The van der Waals surface area contributed by atoms with Crippen LogP contribution in [0, 0.1) is 12.6 Å². The van der Waals surface area contributed by atoms with Crippen LogP contribution in [0.25, 0.3) is 5.57 Å². The monoisotopic (exact) mass is 360 g/mol. The molecule has 1 aliphatic heterocycles. The average Bonchev–Trinajstić information content (AvgIpc) is 2.53. The first-order chi connectivity index (χ1) is 10.9. The Morgan fingerprint density at radius 1 is 1.46 bits per heavy atom. The van der Waals surface area contributed by atoms with Crippen molar-refractivity contribution in [2.45, 2.75) is 31.5 Å². The molecule has 0 saturated carbocycles. The Morgan fingerprint density at radius 3 is 2.67 bits per heavy atom. The van der Waals surface area contributed by atoms with Gasteiger partial charge in [-0.25, -0.2) is 6.07 Å². The maximum atomic E-state index is 9.24. The number of nitrogens with zero attached hydrogens (tertiary/aromatic N) is 1. The van der Waals surface area contributed by atoms with Crippen molar-refractivity contribution in [3.05, 3.63) is 36.4 Å². The van der Waals surface area contributed by atoms with Crippen LogP contribution in [0.3, 0.4) is 0 Å². The van der Waals surface area contributed by atoms with E-state index >= 15 is 0 Å². The van der Waals surface area contributed by atoms with Crippen LogP contribution in [0.4, 0.5) is 0 Å². The summed E-state index contributed by atoms with van der Waals surface area (Å²) in [7, 11) is 4.00. The van der Waals surface area contributed by atoms with Gasteiger partial charge >= 0.3 is 51.4 Å². The molecule has 6 heteroatoms. The van der Waals surface area contributed by atoms with Crippen molar-refractivity contribution in [3.8, 4) is 5.75 Å². The van der Waals surface area contributed by atoms with Crippen molar-refractivity contribution in [3.63, 3.8) is 0 Å². The van der Waals surface area contributed by atoms with Crippen LogP contribution >= 0.6 is 0 Å². The zero-order chi connectivity index (χ0) is 17.2. The van der Waals surface area contributed by atoms with Gasteiger partial charge in [0.05, 0.1) is 18.8 Å². The molecule has 0 radical (unpaired) electrons. The molecule has 130 valence electrons. The van der Waals surface area contributed by atoms with Gasteiger partial charge in [0.2, 0.25) is 0 Å². The van der Waals surface area contributed by atoms with Gasteiger partial charge < -0.3 is 37.1 Å². The zero-order valence-corrected chi connectivity index (χ0v) is 18.0. The van der Waals surface area contributed by atoms with Gasteiger partial charge in [-0.15, -0.1) is 6.07 Å². The second-order valence-electron chi connectivity index (χ2n) is 5.89. The molecule has 2 rings (SSSR count). The van der Waals surface area contributed by atoms with E-state index in [1.54, 1.807) is 18.2 Å². The van der Waals surface area contributed by atoms with E-state index in [0.717, 1.165) is 24.1 Å². The van der Waals surface area contributed by atoms with Gasteiger partial charge in [0, 0.05) is 18.8 Å². The number of benzene rings is 1. The minimum absolute atomic E-state index is 0. The molecule has 2 unspecified atom stereocenters. The van der Waals surface area contributed by atoms with E-state index < -0.39 is 0 Å². The van der Waals surface area contributed by atoms with Crippen LogP contribution in [0.1, 0.15) is 24.8 Å². The summed E-state index contributed by atoms with van der Waals surface area (Å²) in [5.41, 5.74) is 1.54. The van der Waals surface area contributed by atoms with Crippen molar-refractivity contribution in [1.82, 2.24) is 4.90 Å². The van der Waals surface area contributed by atoms with Crippen LogP contribution in [0.15, 0.2) is 18.2 Å². The molecule has 2 atom stereocenters. The predicted molar refractivity (Wildman–Crippen MR) is 89.9 cm³/mol. The SMILES string of the molecule is OCC1CC(O)CCO1.[CH-]=C(CCN(C)C)c1[c-]ccc(O)c1.[K+]. The number of aliphatic hydroxyl groups is 2. The van der Waals surface area contributed by atoms with E-state index in [1.807, 2.05) is 14.1 Å². The summed E-state index contributed by atoms with van der Waals surface area (Å²) >= 11 is 0. The molecule has 0 amide bonds. The Balaban J connectivity index is 0.000000460. The largest absolute Gasteiger partial charge is 1.00 e. The topological polar surface area (TPSA) is 73.2 Å². The van der Waals surface area contributed by atoms with Crippen LogP contribution < -0.4 is 51.4 Å². The summed E-state index contributed by atoms with van der Waals surface area (Å²) in [6, 6.07) is 7.88. The van der Waals surface area contributed by atoms with Crippen LogP contribution in [-0.2, 0) is 4.74 Å². The first-order valence-electron chi connectivity index (χ1n) is 7.80. The Bertz CT molecular complexity index is 482. The first kappa shape index (κ1) is 24.2. The summed E-state index contributed by atoms with van der Waals surface area (Å²) in [4.78, 5) is 2.07. The fourth-order valence-corrected chi connectivity index (χ4v) is 2.11. The molecule has 0 aromatic heterocycles. The molecule has 0 bridgehead atoms. The van der Waals surface area contributed by atoms with E-state index in [2.05, 4.69) is 11.0 Å². The first-order valence-corrected chi connectivity index (χ1v) is 7.80. The third-order valence-corrected chi connectivity index (χ3v) is 3.50. The third kappa shape index (κ3) is 10.3. The molecular weight excluding hydrogens is 333 g/mol. The second kappa shape index (κ2) is 13.4. The Kier molecular flexibility index (Phi) is 13.6. The molecule has 1 fully saturated rings. The standard InChI is InChI=1S/C12H15NO.C6H12O3.K/c1-10(7-8-13(2)3)11-5-4-6-12(14)9-11;7-4-6-3-5(8)1-2-9-6;/h1,4,6,9,14H,7-8H2,2-3H3;5-8H,1-4H2;/q-2;;+1. The second-order valence-corrected chi connectivity index (χ2v) is 5.89. The van der Waals surface area contributed by atoms with Crippen LogP contribution in [-0.4, -0.2) is 66.3 Å². The molecule has 1 aromatic carbocycles. The molecule has 1 heterocycles. The van der Waals surface area contributed by atoms with Crippen molar-refractivity contribution < 1.29 is 71.4 Å². The van der Waals surface area contributed by atoms with Gasteiger partial charge in [-0.05, 0) is 27.1 Å². The Morgan fingerprint density at radius 2 is 2.17 bits per heavy atom. The quantitative estimate of drug-likeness (QED) is 0.440. The molecule has 1 saturated heterocycles. The van der Waals surface area contributed by atoms with E-state index in [-0.39, 0.29) is 75.9 Å². The van der Waals surface area contributed by atoms with Gasteiger partial charge in [-0.2, -0.15) is 12.1 Å². The summed E-state index contributed by atoms with van der Waals surface area (Å²) in [6.45, 7) is 7.36. The van der Waals surface area contributed by atoms with Crippen molar-refractivity contribution >= 4 is 5.57 Å². The molecule has 24 heavy (non-hydrogen) atoms. The smallest absolute Gasteiger partial charge is 0.529 e. The normalized spacial score (nSPS) is 19.9. The molecule has 5 nitrogen and oxygen atoms in total. The third-order valence-electron chi connectivity index (χ3n) is 3.50. The van der Waals surface area contributed by atoms with Gasteiger partial charge in [0.1, 0.15) is 0 Å². The summed E-state index contributed by atoms with van der Waals surface area (Å²) in [6.07, 6.45) is 1.67. The van der Waals surface area contributed by atoms with Gasteiger partial charge in [0.25, 0.3) is 0 Å². The number of aliphatic hydroxyl groups excluding tert-OH is 2. The van der Waals surface area contributed by atoms with Crippen LogP contribution in [0.5, 0.6) is 5.75 Å². The van der Waals surface area contributed by atoms with Gasteiger partial charge in [-0.1, -0.05) is 6.42 Å². The molecular formula is C18H27KNO4-. The van der Waals surface area contributed by atoms with Crippen molar-refractivity contribution in [1.29, 1.82) is 0 Å². The number of rotatable bonds is 5. The Labute approximate surface area is 187 Å². The fraction of sp³-hybridized carbons (Fsp3) is 0.556. The number of phenols is 1. The number of hydrogen-bond acceptors (Lipinski definition) is 5. The van der Waals surface area contributed by atoms with Gasteiger partial charge in [0.15, 0.2) is 0 Å². The number of ether oxygens (including phenoxy) is 1. The average molecular weight is 361 g/mol. The number of hydrogen-bond donors (Lipinski definition) is 3. The van der Waals surface area contributed by atoms with Crippen LogP contribution in [0.2, 0.25) is 0 Å². The molecule has 0 spiro atoms. The minimum atomic E-state index is -0.268. The minimum Gasteiger partial charge on any atom is -0.529 e. The number of phenolic OH excluding ortho intramolecular Hbond substituents is 1. The van der Waals surface area contributed by atoms with E-state index in [0.29, 0.717) is 19.4 Å². The van der Waals surface area contributed by atoms with E-state index in [9.17, 15) is 5.11 Å². The molecule has 1 aromatic rings. The summed E-state index contributed by atoms with van der Waals surface area (Å²) < 4.78 is 5.09. The molecule has 0 aliphatic carbocycles. The predicted octanol–water partition coefficient (Wildman–Crippen LogP) is -1.52. The Hall–Kier alpha value is 0.236. The zero-order valence-electron chi connectivity index (χ0n) is 14.9. The summed E-state index contributed by atoms with van der Waals surface area (Å²) in [5, 5.41) is 26.8. The molecule has 1 aliphatic rings. The van der Waals surface area contributed by atoms with Crippen molar-refractivity contribution in [2.24, 2.45) is 0 Å². The van der Waals surface area contributed by atoms with E-state index in [1.165, 1.54) is 0 Å². The van der Waals surface area contributed by atoms with E-state index in [4.69, 9.17) is 21.5 Å². The van der Waals surface area contributed by atoms with Gasteiger partial charge in [-0.3, -0.25) is 5.56 Å². The van der Waals surface area contributed by atoms with Crippen molar-refractivity contribution in [2.75, 3.05) is 33.9 Å². The maximum absolute atomic E-state index is 9.24. The fourth-order valence-electron chi connectivity index (χ4n) is 2.11. The number of aromatic hydroxyl groups is 1. The maximum Gasteiger partial charge on any atom is 1.00 e. The molecule has 3 N–H and O–H groups in total. The summed E-state index contributed by atoms with van der Waals surface area (Å²) in [5.74, 6) is 0.228.